The van der Waals surface area contributed by atoms with Gasteiger partial charge < -0.3 is 4.52 Å². The number of hydrogen-bond acceptors (Lipinski definition) is 6. The summed E-state index contributed by atoms with van der Waals surface area (Å²) in [5.41, 5.74) is 2.05. The van der Waals surface area contributed by atoms with Crippen molar-refractivity contribution in [2.75, 3.05) is 26.2 Å². The van der Waals surface area contributed by atoms with Crippen LogP contribution in [0.4, 0.5) is 0 Å². The highest BCUT2D eigenvalue weighted by Crippen LogP contribution is 2.10. The average Bonchev–Trinajstić information content (AvgIpc) is 3.01. The van der Waals surface area contributed by atoms with Gasteiger partial charge in [-0.25, -0.2) is 0 Å². The van der Waals surface area contributed by atoms with Gasteiger partial charge in [0.25, 0.3) is 0 Å². The molecule has 2 aromatic rings. The zero-order chi connectivity index (χ0) is 13.9. The molecule has 0 bridgehead atoms. The van der Waals surface area contributed by atoms with Crippen LogP contribution in [0, 0.1) is 6.92 Å². The minimum atomic E-state index is 0.871. The Morgan fingerprint density at radius 2 is 1.75 bits per heavy atom. The molecule has 0 radical (unpaired) electrons. The lowest BCUT2D eigenvalue weighted by molar-refractivity contribution is 0.119. The molecule has 0 N–H and O–H groups in total. The molecular formula is C13H20N6O. The first-order chi connectivity index (χ1) is 9.69. The van der Waals surface area contributed by atoms with Gasteiger partial charge in [0.05, 0.1) is 11.4 Å². The van der Waals surface area contributed by atoms with Crippen LogP contribution in [-0.2, 0) is 20.1 Å². The summed E-state index contributed by atoms with van der Waals surface area (Å²) >= 11 is 0. The molecule has 0 spiro atoms. The van der Waals surface area contributed by atoms with Gasteiger partial charge >= 0.3 is 0 Å². The number of piperazine rings is 1. The van der Waals surface area contributed by atoms with E-state index in [0.717, 1.165) is 56.4 Å². The van der Waals surface area contributed by atoms with E-state index < -0.39 is 0 Å². The normalized spacial score (nSPS) is 17.7. The van der Waals surface area contributed by atoms with Crippen LogP contribution in [0.5, 0.6) is 0 Å². The van der Waals surface area contributed by atoms with Gasteiger partial charge in [0.1, 0.15) is 5.76 Å². The molecule has 1 aliphatic heterocycles. The fourth-order valence-corrected chi connectivity index (χ4v) is 2.52. The molecule has 0 aliphatic carbocycles. The molecule has 1 saturated heterocycles. The van der Waals surface area contributed by atoms with E-state index in [2.05, 4.69) is 25.3 Å². The summed E-state index contributed by atoms with van der Waals surface area (Å²) < 4.78 is 6.85. The van der Waals surface area contributed by atoms with Crippen molar-refractivity contribution in [3.63, 3.8) is 0 Å². The van der Waals surface area contributed by atoms with Crippen LogP contribution < -0.4 is 0 Å². The highest BCUT2D eigenvalue weighted by Gasteiger charge is 2.18. The van der Waals surface area contributed by atoms with E-state index in [1.54, 1.807) is 4.68 Å². The molecule has 2 aromatic heterocycles. The van der Waals surface area contributed by atoms with Crippen molar-refractivity contribution in [3.8, 4) is 0 Å². The highest BCUT2D eigenvalue weighted by molar-refractivity contribution is 5.03. The maximum absolute atomic E-state index is 5.10. The SMILES string of the molecule is Cc1cc(CN2CCN(Cc3cn(C)nn3)CC2)no1. The number of hydrogen-bond donors (Lipinski definition) is 0. The van der Waals surface area contributed by atoms with Crippen LogP contribution in [0.1, 0.15) is 17.1 Å². The largest absolute Gasteiger partial charge is 0.361 e. The molecule has 1 fully saturated rings. The molecule has 108 valence electrons. The topological polar surface area (TPSA) is 63.2 Å². The van der Waals surface area contributed by atoms with Crippen molar-refractivity contribution >= 4 is 0 Å². The second kappa shape index (κ2) is 5.72. The van der Waals surface area contributed by atoms with Gasteiger partial charge in [-0.15, -0.1) is 5.10 Å². The van der Waals surface area contributed by atoms with Crippen LogP contribution in [0.3, 0.4) is 0 Å². The van der Waals surface area contributed by atoms with Crippen molar-refractivity contribution in [1.82, 2.24) is 30.0 Å². The molecule has 7 nitrogen and oxygen atoms in total. The third-order valence-corrected chi connectivity index (χ3v) is 3.56. The van der Waals surface area contributed by atoms with Crippen LogP contribution >= 0.6 is 0 Å². The quantitative estimate of drug-likeness (QED) is 0.807. The van der Waals surface area contributed by atoms with Crippen LogP contribution in [0.15, 0.2) is 16.8 Å². The van der Waals surface area contributed by atoms with E-state index in [9.17, 15) is 0 Å². The Hall–Kier alpha value is -1.73. The van der Waals surface area contributed by atoms with Crippen molar-refractivity contribution in [2.24, 2.45) is 7.05 Å². The summed E-state index contributed by atoms with van der Waals surface area (Å²) in [6.07, 6.45) is 1.98. The second-order valence-electron chi connectivity index (χ2n) is 5.36. The number of rotatable bonds is 4. The lowest BCUT2D eigenvalue weighted by Crippen LogP contribution is -2.45. The van der Waals surface area contributed by atoms with Gasteiger partial charge in [0.15, 0.2) is 0 Å². The first-order valence-corrected chi connectivity index (χ1v) is 6.91. The Balaban J connectivity index is 1.47. The van der Waals surface area contributed by atoms with E-state index in [-0.39, 0.29) is 0 Å². The van der Waals surface area contributed by atoms with E-state index in [1.807, 2.05) is 26.2 Å². The summed E-state index contributed by atoms with van der Waals surface area (Å²) in [4.78, 5) is 4.82. The van der Waals surface area contributed by atoms with Crippen LogP contribution in [-0.4, -0.2) is 56.1 Å². The first kappa shape index (κ1) is 13.3. The monoisotopic (exact) mass is 276 g/mol. The maximum Gasteiger partial charge on any atom is 0.133 e. The molecule has 7 heteroatoms. The van der Waals surface area contributed by atoms with Crippen molar-refractivity contribution < 1.29 is 4.52 Å². The molecule has 3 rings (SSSR count). The van der Waals surface area contributed by atoms with E-state index >= 15 is 0 Å². The molecule has 0 amide bonds. The zero-order valence-electron chi connectivity index (χ0n) is 12.0. The lowest BCUT2D eigenvalue weighted by atomic mass is 10.2. The van der Waals surface area contributed by atoms with Crippen LogP contribution in [0.2, 0.25) is 0 Å². The van der Waals surface area contributed by atoms with Crippen LogP contribution in [0.25, 0.3) is 0 Å². The number of nitrogens with zero attached hydrogens (tertiary/aromatic N) is 6. The second-order valence-corrected chi connectivity index (χ2v) is 5.36. The van der Waals surface area contributed by atoms with Gasteiger partial charge in [0, 0.05) is 58.6 Å². The average molecular weight is 276 g/mol. The predicted octanol–water partition coefficient (Wildman–Crippen LogP) is 0.429. The minimum absolute atomic E-state index is 0.871. The molecule has 0 saturated carbocycles. The van der Waals surface area contributed by atoms with E-state index in [4.69, 9.17) is 4.52 Å². The Morgan fingerprint density at radius 3 is 2.25 bits per heavy atom. The van der Waals surface area contributed by atoms with Crippen molar-refractivity contribution in [3.05, 3.63) is 29.4 Å². The van der Waals surface area contributed by atoms with Gasteiger partial charge in [-0.05, 0) is 6.92 Å². The van der Waals surface area contributed by atoms with Gasteiger partial charge in [-0.2, -0.15) is 0 Å². The van der Waals surface area contributed by atoms with E-state index in [0.29, 0.717) is 0 Å². The Bertz CT molecular complexity index is 504. The Kier molecular flexibility index (Phi) is 3.79. The zero-order valence-corrected chi connectivity index (χ0v) is 12.0. The molecule has 0 atom stereocenters. The Labute approximate surface area is 118 Å². The molecule has 20 heavy (non-hydrogen) atoms. The minimum Gasteiger partial charge on any atom is -0.361 e. The summed E-state index contributed by atoms with van der Waals surface area (Å²) in [6.45, 7) is 7.87. The molecule has 1 aliphatic rings. The predicted molar refractivity (Wildman–Crippen MR) is 72.8 cm³/mol. The summed E-state index contributed by atoms with van der Waals surface area (Å²) in [7, 11) is 1.90. The number of aryl methyl sites for hydroxylation is 2. The smallest absolute Gasteiger partial charge is 0.133 e. The summed E-state index contributed by atoms with van der Waals surface area (Å²) in [6, 6.07) is 2.01. The molecule has 3 heterocycles. The summed E-state index contributed by atoms with van der Waals surface area (Å²) in [5.74, 6) is 0.876. The van der Waals surface area contributed by atoms with E-state index in [1.165, 1.54) is 0 Å². The maximum atomic E-state index is 5.10. The fraction of sp³-hybridized carbons (Fsp3) is 0.615. The highest BCUT2D eigenvalue weighted by atomic mass is 16.5. The van der Waals surface area contributed by atoms with Crippen molar-refractivity contribution in [1.29, 1.82) is 0 Å². The Morgan fingerprint density at radius 1 is 1.10 bits per heavy atom. The fourth-order valence-electron chi connectivity index (χ4n) is 2.52. The third-order valence-electron chi connectivity index (χ3n) is 3.56. The van der Waals surface area contributed by atoms with Crippen molar-refractivity contribution in [2.45, 2.75) is 20.0 Å². The third kappa shape index (κ3) is 3.23. The molecule has 0 aromatic carbocycles. The standard InChI is InChI=1S/C13H20N6O/c1-11-7-12(15-20-11)9-18-3-5-19(6-4-18)10-13-8-17(2)16-14-13/h7-8H,3-6,9-10H2,1-2H3. The van der Waals surface area contributed by atoms with Gasteiger partial charge in [-0.3, -0.25) is 14.5 Å². The van der Waals surface area contributed by atoms with Gasteiger partial charge in [0.2, 0.25) is 0 Å². The van der Waals surface area contributed by atoms with Gasteiger partial charge in [-0.1, -0.05) is 10.4 Å². The molecular weight excluding hydrogens is 256 g/mol. The lowest BCUT2D eigenvalue weighted by Gasteiger charge is -2.33. The molecule has 0 unspecified atom stereocenters. The first-order valence-electron chi connectivity index (χ1n) is 6.91. The summed E-state index contributed by atoms with van der Waals surface area (Å²) in [5, 5.41) is 12.1. The number of aromatic nitrogens is 4.